The fraction of sp³-hybridized carbons (Fsp3) is 0.111. The molecule has 1 aromatic carbocycles. The van der Waals surface area contributed by atoms with Crippen LogP contribution in [0.1, 0.15) is 26.4 Å². The minimum atomic E-state index is -0.458. The highest BCUT2D eigenvalue weighted by atomic mass is 35.5. The molecule has 0 unspecified atom stereocenters. The summed E-state index contributed by atoms with van der Waals surface area (Å²) >= 11 is 6.08. The lowest BCUT2D eigenvalue weighted by atomic mass is 10.1. The molecule has 1 N–H and O–H groups in total. The second-order valence-electron chi connectivity index (χ2n) is 5.83. The van der Waals surface area contributed by atoms with Crippen molar-refractivity contribution in [2.24, 2.45) is 0 Å². The summed E-state index contributed by atoms with van der Waals surface area (Å²) in [7, 11) is 0. The highest BCUT2D eigenvalue weighted by Gasteiger charge is 2.36. The highest BCUT2D eigenvalue weighted by molar-refractivity contribution is 6.29. The van der Waals surface area contributed by atoms with Crippen molar-refractivity contribution in [3.8, 4) is 0 Å². The van der Waals surface area contributed by atoms with E-state index in [0.29, 0.717) is 27.6 Å². The van der Waals surface area contributed by atoms with Crippen LogP contribution >= 0.6 is 11.6 Å². The Kier molecular flexibility index (Phi) is 3.93. The van der Waals surface area contributed by atoms with E-state index in [1.165, 1.54) is 0 Å². The van der Waals surface area contributed by atoms with Crippen molar-refractivity contribution in [3.05, 3.63) is 70.6 Å². The minimum absolute atomic E-state index is 0.167. The number of nitrogens with one attached hydrogen (secondary N) is 1. The predicted octanol–water partition coefficient (Wildman–Crippen LogP) is 1.90. The first-order valence-corrected chi connectivity index (χ1v) is 8.27. The van der Waals surface area contributed by atoms with Crippen molar-refractivity contribution < 1.29 is 14.4 Å². The topological polar surface area (TPSA) is 83.8 Å². The number of benzene rings is 1. The fourth-order valence-corrected chi connectivity index (χ4v) is 3.09. The number of imide groups is 1. The second kappa shape index (κ2) is 6.27. The molecule has 3 heterocycles. The molecule has 0 spiro atoms. The Bertz CT molecular complexity index is 1020. The van der Waals surface area contributed by atoms with Crippen molar-refractivity contribution in [1.29, 1.82) is 0 Å². The average Bonchev–Trinajstić information content (AvgIpc) is 3.16. The molecule has 1 aliphatic heterocycles. The Morgan fingerprint density at radius 1 is 1.04 bits per heavy atom. The van der Waals surface area contributed by atoms with Crippen LogP contribution < -0.4 is 5.32 Å². The Morgan fingerprint density at radius 2 is 1.73 bits per heavy atom. The quantitative estimate of drug-likeness (QED) is 0.563. The van der Waals surface area contributed by atoms with Gasteiger partial charge < -0.3 is 5.32 Å². The second-order valence-corrected chi connectivity index (χ2v) is 6.21. The van der Waals surface area contributed by atoms with E-state index in [2.05, 4.69) is 10.3 Å². The number of pyridine rings is 1. The summed E-state index contributed by atoms with van der Waals surface area (Å²) in [5, 5.41) is 3.18. The number of rotatable bonds is 4. The molecule has 130 valence electrons. The van der Waals surface area contributed by atoms with Crippen LogP contribution in [0.25, 0.3) is 5.65 Å². The van der Waals surface area contributed by atoms with Crippen LogP contribution in [-0.4, -0.2) is 38.6 Å². The highest BCUT2D eigenvalue weighted by Crippen LogP contribution is 2.22. The van der Waals surface area contributed by atoms with Gasteiger partial charge in [-0.3, -0.25) is 23.7 Å². The van der Waals surface area contributed by atoms with E-state index in [-0.39, 0.29) is 13.1 Å². The summed E-state index contributed by atoms with van der Waals surface area (Å²) in [6.07, 6.45) is 1.72. The van der Waals surface area contributed by atoms with Gasteiger partial charge in [-0.1, -0.05) is 29.8 Å². The predicted molar refractivity (Wildman–Crippen MR) is 93.9 cm³/mol. The Morgan fingerprint density at radius 3 is 2.38 bits per heavy atom. The van der Waals surface area contributed by atoms with Crippen molar-refractivity contribution in [2.45, 2.75) is 6.54 Å². The van der Waals surface area contributed by atoms with Gasteiger partial charge in [-0.2, -0.15) is 0 Å². The lowest BCUT2D eigenvalue weighted by molar-refractivity contribution is -0.121. The van der Waals surface area contributed by atoms with E-state index < -0.39 is 17.7 Å². The van der Waals surface area contributed by atoms with Gasteiger partial charge >= 0.3 is 0 Å². The van der Waals surface area contributed by atoms with Crippen LogP contribution in [0.5, 0.6) is 0 Å². The van der Waals surface area contributed by atoms with Crippen LogP contribution in [-0.2, 0) is 11.3 Å². The van der Waals surface area contributed by atoms with Gasteiger partial charge in [0.05, 0.1) is 23.4 Å². The molecule has 0 radical (unpaired) electrons. The molecular weight excluding hydrogens is 356 g/mol. The van der Waals surface area contributed by atoms with Gasteiger partial charge in [0.1, 0.15) is 17.3 Å². The van der Waals surface area contributed by atoms with Crippen LogP contribution in [0, 0.1) is 0 Å². The third-order valence-electron chi connectivity index (χ3n) is 4.14. The molecular formula is C18H13ClN4O3. The molecule has 3 aromatic rings. The van der Waals surface area contributed by atoms with E-state index in [1.54, 1.807) is 53.1 Å². The van der Waals surface area contributed by atoms with Gasteiger partial charge in [0.15, 0.2) is 0 Å². The molecule has 0 saturated carbocycles. The monoisotopic (exact) mass is 368 g/mol. The Hall–Kier alpha value is -3.19. The van der Waals surface area contributed by atoms with Crippen molar-refractivity contribution >= 4 is 35.0 Å². The van der Waals surface area contributed by atoms with Crippen molar-refractivity contribution in [2.75, 3.05) is 6.54 Å². The molecule has 0 saturated heterocycles. The minimum Gasteiger partial charge on any atom is -0.349 e. The van der Waals surface area contributed by atoms with Crippen molar-refractivity contribution in [3.63, 3.8) is 0 Å². The zero-order valence-electron chi connectivity index (χ0n) is 13.5. The summed E-state index contributed by atoms with van der Waals surface area (Å²) in [5.41, 5.74) is 1.93. The van der Waals surface area contributed by atoms with E-state index in [9.17, 15) is 14.4 Å². The average molecular weight is 369 g/mol. The first-order chi connectivity index (χ1) is 12.5. The number of imidazole rings is 1. The number of aromatic nitrogens is 2. The molecule has 7 nitrogen and oxygen atoms in total. The lowest BCUT2D eigenvalue weighted by Gasteiger charge is -2.13. The van der Waals surface area contributed by atoms with Gasteiger partial charge in [0.2, 0.25) is 5.91 Å². The van der Waals surface area contributed by atoms with Gasteiger partial charge in [0.25, 0.3) is 11.8 Å². The Labute approximate surface area is 153 Å². The third kappa shape index (κ3) is 2.72. The van der Waals surface area contributed by atoms with Gasteiger partial charge in [-0.05, 0) is 24.3 Å². The standard InChI is InChI=1S/C18H13ClN4O3/c19-14-6-3-7-15-21-11(9-22(14)15)8-20-16(24)10-23-17(25)12-4-1-2-5-13(12)18(23)26/h1-7,9H,8,10H2,(H,20,24). The zero-order valence-corrected chi connectivity index (χ0v) is 14.2. The summed E-state index contributed by atoms with van der Waals surface area (Å²) in [6, 6.07) is 11.8. The molecule has 26 heavy (non-hydrogen) atoms. The number of amides is 3. The maximum Gasteiger partial charge on any atom is 0.262 e. The van der Waals surface area contributed by atoms with Crippen LogP contribution in [0.15, 0.2) is 48.7 Å². The van der Waals surface area contributed by atoms with Gasteiger partial charge in [-0.15, -0.1) is 0 Å². The van der Waals surface area contributed by atoms with E-state index in [0.717, 1.165) is 4.90 Å². The molecule has 0 atom stereocenters. The van der Waals surface area contributed by atoms with E-state index in [1.807, 2.05) is 0 Å². The fourth-order valence-electron chi connectivity index (χ4n) is 2.88. The number of halogens is 1. The molecule has 2 aromatic heterocycles. The number of hydrogen-bond donors (Lipinski definition) is 1. The number of carbonyl (C=O) groups excluding carboxylic acids is 3. The van der Waals surface area contributed by atoms with Gasteiger partial charge in [-0.25, -0.2) is 4.98 Å². The molecule has 0 fully saturated rings. The van der Waals surface area contributed by atoms with Crippen molar-refractivity contribution in [1.82, 2.24) is 19.6 Å². The lowest BCUT2D eigenvalue weighted by Crippen LogP contribution is -2.40. The van der Waals surface area contributed by atoms with E-state index >= 15 is 0 Å². The third-order valence-corrected chi connectivity index (χ3v) is 4.45. The smallest absolute Gasteiger partial charge is 0.262 e. The first-order valence-electron chi connectivity index (χ1n) is 7.89. The van der Waals surface area contributed by atoms with E-state index in [4.69, 9.17) is 11.6 Å². The Balaban J connectivity index is 1.42. The number of hydrogen-bond acceptors (Lipinski definition) is 4. The molecule has 1 aliphatic rings. The molecule has 8 heteroatoms. The maximum absolute atomic E-state index is 12.3. The first kappa shape index (κ1) is 16.3. The molecule has 3 amide bonds. The zero-order chi connectivity index (χ0) is 18.3. The van der Waals surface area contributed by atoms with Crippen LogP contribution in [0.3, 0.4) is 0 Å². The maximum atomic E-state index is 12.3. The van der Waals surface area contributed by atoms with Crippen LogP contribution in [0.2, 0.25) is 5.15 Å². The number of nitrogens with zero attached hydrogens (tertiary/aromatic N) is 3. The molecule has 0 aliphatic carbocycles. The summed E-state index contributed by atoms with van der Waals surface area (Å²) in [5.74, 6) is -1.36. The summed E-state index contributed by atoms with van der Waals surface area (Å²) in [4.78, 5) is 42.0. The summed E-state index contributed by atoms with van der Waals surface area (Å²) in [6.45, 7) is -0.166. The van der Waals surface area contributed by atoms with Gasteiger partial charge in [0, 0.05) is 6.20 Å². The SMILES string of the molecule is O=C(CN1C(=O)c2ccccc2C1=O)NCc1cn2c(Cl)cccc2n1. The molecule has 0 bridgehead atoms. The number of fused-ring (bicyclic) bond motifs is 2. The summed E-state index contributed by atoms with van der Waals surface area (Å²) < 4.78 is 1.70. The largest absolute Gasteiger partial charge is 0.349 e. The number of carbonyl (C=O) groups is 3. The normalized spacial score (nSPS) is 13.3. The molecule has 4 rings (SSSR count). The van der Waals surface area contributed by atoms with Crippen LogP contribution in [0.4, 0.5) is 0 Å².